The van der Waals surface area contributed by atoms with E-state index >= 15 is 0 Å². The van der Waals surface area contributed by atoms with Crippen molar-refractivity contribution in [3.05, 3.63) is 35.4 Å². The van der Waals surface area contributed by atoms with Gasteiger partial charge in [0.25, 0.3) is 0 Å². The second-order valence-corrected chi connectivity index (χ2v) is 7.23. The molecule has 2 saturated heterocycles. The molecule has 1 aromatic carbocycles. The Hall–Kier alpha value is -1.47. The standard InChI is InChI=1S/C18H22BNO4S/c1-12-6-8-13(9-7-12)18(17(22)23-2)10-14-4-3-5-15(11-24-25-19)20(14)16(18)21/h6-9,14-15H,3-5,10-11H2,1-2H3. The Bertz CT molecular complexity index is 653. The quantitative estimate of drug-likeness (QED) is 0.350. The Kier molecular flexibility index (Phi) is 5.44. The van der Waals surface area contributed by atoms with E-state index < -0.39 is 11.4 Å². The van der Waals surface area contributed by atoms with Gasteiger partial charge in [-0.3, -0.25) is 9.59 Å². The van der Waals surface area contributed by atoms with Crippen LogP contribution in [-0.2, 0) is 23.9 Å². The molecule has 3 unspecified atom stereocenters. The van der Waals surface area contributed by atoms with Crippen LogP contribution in [0.5, 0.6) is 0 Å². The van der Waals surface area contributed by atoms with Gasteiger partial charge in [0.1, 0.15) is 0 Å². The number of hydrogen-bond acceptors (Lipinski definition) is 5. The summed E-state index contributed by atoms with van der Waals surface area (Å²) in [5, 5.41) is 0. The van der Waals surface area contributed by atoms with E-state index in [1.54, 1.807) is 0 Å². The zero-order chi connectivity index (χ0) is 18.0. The minimum absolute atomic E-state index is 0.0260. The maximum Gasteiger partial charge on any atom is 0.326 e. The van der Waals surface area contributed by atoms with Gasteiger partial charge in [0.05, 0.1) is 19.8 Å². The fourth-order valence-electron chi connectivity index (χ4n) is 4.18. The zero-order valence-electron chi connectivity index (χ0n) is 14.6. The molecule has 25 heavy (non-hydrogen) atoms. The van der Waals surface area contributed by atoms with Crippen molar-refractivity contribution in [1.29, 1.82) is 0 Å². The molecule has 0 bridgehead atoms. The van der Waals surface area contributed by atoms with Crippen LogP contribution in [0.3, 0.4) is 0 Å². The molecule has 132 valence electrons. The molecule has 1 aromatic rings. The van der Waals surface area contributed by atoms with Crippen molar-refractivity contribution in [3.63, 3.8) is 0 Å². The van der Waals surface area contributed by atoms with Crippen molar-refractivity contribution < 1.29 is 18.5 Å². The molecule has 1 amide bonds. The number of carbonyl (C=O) groups is 2. The zero-order valence-corrected chi connectivity index (χ0v) is 15.4. The molecule has 5 nitrogen and oxygen atoms in total. The van der Waals surface area contributed by atoms with Gasteiger partial charge in [-0.05, 0) is 38.2 Å². The molecule has 0 saturated carbocycles. The summed E-state index contributed by atoms with van der Waals surface area (Å²) < 4.78 is 10.4. The molecule has 2 heterocycles. The van der Waals surface area contributed by atoms with Gasteiger partial charge in [-0.1, -0.05) is 41.7 Å². The molecule has 0 aromatic heterocycles. The first-order chi connectivity index (χ1) is 12.0. The number of methoxy groups -OCH3 is 1. The molecule has 3 rings (SSSR count). The van der Waals surface area contributed by atoms with E-state index in [1.807, 2.05) is 36.1 Å². The molecule has 0 aliphatic carbocycles. The maximum atomic E-state index is 13.5. The normalized spacial score (nSPS) is 28.7. The van der Waals surface area contributed by atoms with Crippen molar-refractivity contribution in [2.75, 3.05) is 13.7 Å². The van der Waals surface area contributed by atoms with E-state index in [4.69, 9.17) is 16.0 Å². The molecular weight excluding hydrogens is 337 g/mol. The van der Waals surface area contributed by atoms with Crippen molar-refractivity contribution in [2.24, 2.45) is 0 Å². The highest BCUT2D eigenvalue weighted by atomic mass is 32.2. The highest BCUT2D eigenvalue weighted by molar-refractivity contribution is 8.15. The first kappa shape index (κ1) is 18.3. The van der Waals surface area contributed by atoms with Crippen molar-refractivity contribution in [3.8, 4) is 0 Å². The number of piperidine rings is 1. The number of hydrogen-bond donors (Lipinski definition) is 0. The molecule has 2 aliphatic rings. The number of fused-ring (bicyclic) bond motifs is 1. The molecule has 2 radical (unpaired) electrons. The largest absolute Gasteiger partial charge is 0.468 e. The number of rotatable bonds is 5. The maximum absolute atomic E-state index is 13.5. The first-order valence-electron chi connectivity index (χ1n) is 8.51. The lowest BCUT2D eigenvalue weighted by atomic mass is 9.77. The Balaban J connectivity index is 2.01. The van der Waals surface area contributed by atoms with E-state index in [2.05, 4.69) is 0 Å². The van der Waals surface area contributed by atoms with Crippen LogP contribution in [0.4, 0.5) is 0 Å². The van der Waals surface area contributed by atoms with Gasteiger partial charge >= 0.3 is 5.97 Å². The highest BCUT2D eigenvalue weighted by Gasteiger charge is 2.60. The fraction of sp³-hybridized carbons (Fsp3) is 0.556. The second-order valence-electron chi connectivity index (χ2n) is 6.80. The van der Waals surface area contributed by atoms with Crippen LogP contribution in [0.25, 0.3) is 0 Å². The van der Waals surface area contributed by atoms with Crippen LogP contribution in [0.2, 0.25) is 0 Å². The number of esters is 1. The van der Waals surface area contributed by atoms with Gasteiger partial charge in [0.2, 0.25) is 13.0 Å². The Morgan fingerprint density at radius 3 is 2.72 bits per heavy atom. The SMILES string of the molecule is [B]SOCC1CCCC2CC(C(=O)OC)(c3ccc(C)cc3)C(=O)N12. The Morgan fingerprint density at radius 2 is 2.08 bits per heavy atom. The molecule has 7 heteroatoms. The van der Waals surface area contributed by atoms with Crippen molar-refractivity contribution in [1.82, 2.24) is 4.90 Å². The molecule has 0 N–H and O–H groups in total. The van der Waals surface area contributed by atoms with E-state index in [-0.39, 0.29) is 18.0 Å². The summed E-state index contributed by atoms with van der Waals surface area (Å²) in [6.07, 6.45) is 3.20. The van der Waals surface area contributed by atoms with E-state index in [0.717, 1.165) is 36.7 Å². The van der Waals surface area contributed by atoms with Crippen molar-refractivity contribution in [2.45, 2.75) is 50.1 Å². The Labute approximate surface area is 153 Å². The summed E-state index contributed by atoms with van der Waals surface area (Å²) in [5.74, 6) is -0.660. The number of benzene rings is 1. The highest BCUT2D eigenvalue weighted by Crippen LogP contribution is 2.45. The van der Waals surface area contributed by atoms with Crippen LogP contribution < -0.4 is 0 Å². The second kappa shape index (κ2) is 7.42. The third-order valence-electron chi connectivity index (χ3n) is 5.41. The molecule has 2 aliphatic heterocycles. The lowest BCUT2D eigenvalue weighted by Crippen LogP contribution is -2.51. The number of aryl methyl sites for hydroxylation is 1. The summed E-state index contributed by atoms with van der Waals surface area (Å²) >= 11 is 0.810. The van der Waals surface area contributed by atoms with Gasteiger partial charge in [-0.25, -0.2) is 0 Å². The van der Waals surface area contributed by atoms with Gasteiger partial charge in [0.15, 0.2) is 5.41 Å². The average Bonchev–Trinajstić information content (AvgIpc) is 2.94. The van der Waals surface area contributed by atoms with E-state index in [9.17, 15) is 9.59 Å². The summed E-state index contributed by atoms with van der Waals surface area (Å²) in [7, 11) is 6.70. The summed E-state index contributed by atoms with van der Waals surface area (Å²) in [6.45, 7) is 2.35. The summed E-state index contributed by atoms with van der Waals surface area (Å²) in [6, 6.07) is 7.55. The molecular formula is C18H22BNO4S. The monoisotopic (exact) mass is 359 g/mol. The van der Waals surface area contributed by atoms with Crippen LogP contribution in [-0.4, -0.2) is 49.7 Å². The van der Waals surface area contributed by atoms with Gasteiger partial charge in [-0.15, -0.1) is 0 Å². The lowest BCUT2D eigenvalue weighted by Gasteiger charge is -2.37. The van der Waals surface area contributed by atoms with Crippen LogP contribution in [0.15, 0.2) is 24.3 Å². The van der Waals surface area contributed by atoms with Gasteiger partial charge < -0.3 is 13.8 Å². The van der Waals surface area contributed by atoms with Gasteiger partial charge in [-0.2, -0.15) is 0 Å². The molecule has 3 atom stereocenters. The lowest BCUT2D eigenvalue weighted by molar-refractivity contribution is -0.154. The van der Waals surface area contributed by atoms with E-state index in [1.165, 1.54) is 7.11 Å². The molecule has 0 spiro atoms. The third-order valence-corrected chi connectivity index (χ3v) is 5.68. The smallest absolute Gasteiger partial charge is 0.326 e. The van der Waals surface area contributed by atoms with E-state index in [0.29, 0.717) is 18.6 Å². The number of carbonyl (C=O) groups excluding carboxylic acids is 2. The summed E-state index contributed by atoms with van der Waals surface area (Å²) in [5.41, 5.74) is 0.529. The van der Waals surface area contributed by atoms with Crippen molar-refractivity contribution >= 4 is 30.9 Å². The van der Waals surface area contributed by atoms with Gasteiger partial charge in [0, 0.05) is 6.04 Å². The number of nitrogens with zero attached hydrogens (tertiary/aromatic N) is 1. The van der Waals surface area contributed by atoms with Crippen LogP contribution in [0.1, 0.15) is 36.8 Å². The summed E-state index contributed by atoms with van der Waals surface area (Å²) in [4.78, 5) is 28.1. The van der Waals surface area contributed by atoms with Crippen LogP contribution in [0, 0.1) is 6.92 Å². The number of amides is 1. The number of ether oxygens (including phenoxy) is 1. The minimum atomic E-state index is -1.26. The first-order valence-corrected chi connectivity index (χ1v) is 9.31. The predicted octanol–water partition coefficient (Wildman–Crippen LogP) is 2.31. The fourth-order valence-corrected chi connectivity index (χ4v) is 4.42. The third kappa shape index (κ3) is 3.08. The molecule has 2 fully saturated rings. The Morgan fingerprint density at radius 1 is 1.36 bits per heavy atom. The topological polar surface area (TPSA) is 55.8 Å². The minimum Gasteiger partial charge on any atom is -0.468 e. The average molecular weight is 359 g/mol. The van der Waals surface area contributed by atoms with Crippen LogP contribution >= 0.6 is 11.9 Å². The predicted molar refractivity (Wildman–Crippen MR) is 97.1 cm³/mol.